The van der Waals surface area contributed by atoms with E-state index < -0.39 is 0 Å². The van der Waals surface area contributed by atoms with Crippen LogP contribution in [0.2, 0.25) is 0 Å². The number of para-hydroxylation sites is 1. The molecule has 0 aliphatic heterocycles. The van der Waals surface area contributed by atoms with Crippen LogP contribution in [0.15, 0.2) is 28.7 Å². The van der Waals surface area contributed by atoms with Crippen LogP contribution in [0.5, 0.6) is 0 Å². The normalized spacial score (nSPS) is 12.9. The number of anilines is 1. The lowest BCUT2D eigenvalue weighted by Crippen LogP contribution is -2.23. The third-order valence-corrected chi connectivity index (χ3v) is 3.30. The Morgan fingerprint density at radius 3 is 2.53 bits per heavy atom. The molecule has 2 nitrogen and oxygen atoms in total. The summed E-state index contributed by atoms with van der Waals surface area (Å²) in [5, 5.41) is 12.5. The fourth-order valence-electron chi connectivity index (χ4n) is 1.36. The van der Waals surface area contributed by atoms with Crippen molar-refractivity contribution in [3.63, 3.8) is 0 Å². The Hall–Kier alpha value is -0.540. The smallest absolute Gasteiger partial charge is 0.0484 e. The van der Waals surface area contributed by atoms with Crippen LogP contribution >= 0.6 is 15.9 Å². The van der Waals surface area contributed by atoms with Crippen LogP contribution in [0, 0.1) is 11.8 Å². The topological polar surface area (TPSA) is 32.3 Å². The Kier molecular flexibility index (Phi) is 5.12. The van der Waals surface area contributed by atoms with Crippen molar-refractivity contribution in [2.24, 2.45) is 11.8 Å². The van der Waals surface area contributed by atoms with Gasteiger partial charge in [0, 0.05) is 29.2 Å². The molecule has 1 atom stereocenters. The molecule has 1 aromatic carbocycles. The second kappa shape index (κ2) is 6.13. The molecule has 0 fully saturated rings. The zero-order valence-electron chi connectivity index (χ0n) is 9.20. The number of halogens is 1. The largest absolute Gasteiger partial charge is 0.396 e. The van der Waals surface area contributed by atoms with Gasteiger partial charge in [0.15, 0.2) is 0 Å². The number of nitrogens with one attached hydrogen (secondary N) is 1. The van der Waals surface area contributed by atoms with E-state index in [-0.39, 0.29) is 6.61 Å². The summed E-state index contributed by atoms with van der Waals surface area (Å²) in [6.07, 6.45) is 0. The fourth-order valence-corrected chi connectivity index (χ4v) is 1.78. The maximum atomic E-state index is 9.19. The average Bonchev–Trinajstić information content (AvgIpc) is 2.21. The molecule has 84 valence electrons. The Bertz CT molecular complexity index is 301. The summed E-state index contributed by atoms with van der Waals surface area (Å²) < 4.78 is 1.06. The molecule has 0 aliphatic rings. The van der Waals surface area contributed by atoms with Crippen molar-refractivity contribution >= 4 is 21.6 Å². The lowest BCUT2D eigenvalue weighted by Gasteiger charge is -2.19. The third-order valence-electron chi connectivity index (χ3n) is 2.61. The summed E-state index contributed by atoms with van der Waals surface area (Å²) in [5.41, 5.74) is 1.08. The lowest BCUT2D eigenvalue weighted by atomic mass is 9.97. The SMILES string of the molecule is CC(C)C(CO)CNc1ccccc1Br. The van der Waals surface area contributed by atoms with Crippen LogP contribution in [0.4, 0.5) is 5.69 Å². The van der Waals surface area contributed by atoms with E-state index in [1.165, 1.54) is 0 Å². The predicted octanol–water partition coefficient (Wildman–Crippen LogP) is 3.13. The minimum Gasteiger partial charge on any atom is -0.396 e. The van der Waals surface area contributed by atoms with Gasteiger partial charge in [-0.15, -0.1) is 0 Å². The van der Waals surface area contributed by atoms with E-state index in [0.717, 1.165) is 16.7 Å². The van der Waals surface area contributed by atoms with Crippen molar-refractivity contribution in [1.82, 2.24) is 0 Å². The number of aliphatic hydroxyl groups is 1. The molecule has 1 unspecified atom stereocenters. The highest BCUT2D eigenvalue weighted by Gasteiger charge is 2.11. The van der Waals surface area contributed by atoms with Crippen molar-refractivity contribution in [3.05, 3.63) is 28.7 Å². The summed E-state index contributed by atoms with van der Waals surface area (Å²) >= 11 is 3.48. The Labute approximate surface area is 99.8 Å². The number of aliphatic hydroxyl groups excluding tert-OH is 1. The molecule has 0 aliphatic carbocycles. The molecule has 0 saturated carbocycles. The summed E-state index contributed by atoms with van der Waals surface area (Å²) in [5.74, 6) is 0.794. The Morgan fingerprint density at radius 1 is 1.33 bits per heavy atom. The van der Waals surface area contributed by atoms with Crippen LogP contribution < -0.4 is 5.32 Å². The molecule has 1 aromatic rings. The van der Waals surface area contributed by atoms with Gasteiger partial charge in [-0.2, -0.15) is 0 Å². The minimum absolute atomic E-state index is 0.231. The molecule has 0 spiro atoms. The summed E-state index contributed by atoms with van der Waals surface area (Å²) in [7, 11) is 0. The standard InChI is InChI=1S/C12H18BrNO/c1-9(2)10(8-15)7-14-12-6-4-3-5-11(12)13/h3-6,9-10,14-15H,7-8H2,1-2H3. The maximum Gasteiger partial charge on any atom is 0.0484 e. The number of rotatable bonds is 5. The van der Waals surface area contributed by atoms with E-state index in [2.05, 4.69) is 35.1 Å². The van der Waals surface area contributed by atoms with Crippen molar-refractivity contribution < 1.29 is 5.11 Å². The van der Waals surface area contributed by atoms with Gasteiger partial charge in [0.25, 0.3) is 0 Å². The average molecular weight is 272 g/mol. The van der Waals surface area contributed by atoms with Gasteiger partial charge in [0.05, 0.1) is 0 Å². The molecular weight excluding hydrogens is 254 g/mol. The molecule has 0 heterocycles. The van der Waals surface area contributed by atoms with E-state index in [9.17, 15) is 5.11 Å². The molecule has 0 amide bonds. The fraction of sp³-hybridized carbons (Fsp3) is 0.500. The van der Waals surface area contributed by atoms with Gasteiger partial charge < -0.3 is 10.4 Å². The van der Waals surface area contributed by atoms with Crippen LogP contribution in [-0.4, -0.2) is 18.3 Å². The highest BCUT2D eigenvalue weighted by Crippen LogP contribution is 2.22. The van der Waals surface area contributed by atoms with Gasteiger partial charge >= 0.3 is 0 Å². The summed E-state index contributed by atoms with van der Waals surface area (Å²) in [4.78, 5) is 0. The van der Waals surface area contributed by atoms with E-state index in [1.54, 1.807) is 0 Å². The molecule has 15 heavy (non-hydrogen) atoms. The van der Waals surface area contributed by atoms with Gasteiger partial charge in [-0.1, -0.05) is 26.0 Å². The third kappa shape index (κ3) is 3.84. The van der Waals surface area contributed by atoms with Crippen molar-refractivity contribution in [2.75, 3.05) is 18.5 Å². The number of hydrogen-bond donors (Lipinski definition) is 2. The zero-order chi connectivity index (χ0) is 11.3. The monoisotopic (exact) mass is 271 g/mol. The molecule has 0 radical (unpaired) electrons. The van der Waals surface area contributed by atoms with Gasteiger partial charge in [-0.25, -0.2) is 0 Å². The first-order chi connectivity index (χ1) is 7.15. The highest BCUT2D eigenvalue weighted by atomic mass is 79.9. The molecule has 3 heteroatoms. The van der Waals surface area contributed by atoms with Crippen LogP contribution in [0.3, 0.4) is 0 Å². The maximum absolute atomic E-state index is 9.19. The first kappa shape index (κ1) is 12.5. The number of benzene rings is 1. The van der Waals surface area contributed by atoms with Crippen LogP contribution in [-0.2, 0) is 0 Å². The molecular formula is C12H18BrNO. The quantitative estimate of drug-likeness (QED) is 0.863. The van der Waals surface area contributed by atoms with E-state index in [4.69, 9.17) is 0 Å². The van der Waals surface area contributed by atoms with Gasteiger partial charge in [-0.3, -0.25) is 0 Å². The van der Waals surface area contributed by atoms with Crippen LogP contribution in [0.25, 0.3) is 0 Å². The lowest BCUT2D eigenvalue weighted by molar-refractivity contribution is 0.198. The second-order valence-corrected chi connectivity index (χ2v) is 4.90. The Balaban J connectivity index is 2.53. The number of hydrogen-bond acceptors (Lipinski definition) is 2. The van der Waals surface area contributed by atoms with E-state index in [1.807, 2.05) is 24.3 Å². The zero-order valence-corrected chi connectivity index (χ0v) is 10.8. The van der Waals surface area contributed by atoms with Crippen molar-refractivity contribution in [3.8, 4) is 0 Å². The molecule has 1 rings (SSSR count). The predicted molar refractivity (Wildman–Crippen MR) is 68.0 cm³/mol. The van der Waals surface area contributed by atoms with Crippen molar-refractivity contribution in [1.29, 1.82) is 0 Å². The molecule has 0 aromatic heterocycles. The first-order valence-electron chi connectivity index (χ1n) is 5.24. The van der Waals surface area contributed by atoms with Gasteiger partial charge in [-0.05, 0) is 34.0 Å². The summed E-state index contributed by atoms with van der Waals surface area (Å²) in [6, 6.07) is 8.02. The molecule has 0 bridgehead atoms. The Morgan fingerprint density at radius 2 is 2.00 bits per heavy atom. The van der Waals surface area contributed by atoms with Gasteiger partial charge in [0.2, 0.25) is 0 Å². The first-order valence-corrected chi connectivity index (χ1v) is 6.03. The van der Waals surface area contributed by atoms with Crippen LogP contribution in [0.1, 0.15) is 13.8 Å². The highest BCUT2D eigenvalue weighted by molar-refractivity contribution is 9.10. The van der Waals surface area contributed by atoms with Crippen molar-refractivity contribution in [2.45, 2.75) is 13.8 Å². The van der Waals surface area contributed by atoms with E-state index >= 15 is 0 Å². The summed E-state index contributed by atoms with van der Waals surface area (Å²) in [6.45, 7) is 5.29. The van der Waals surface area contributed by atoms with Gasteiger partial charge in [0.1, 0.15) is 0 Å². The second-order valence-electron chi connectivity index (χ2n) is 4.05. The van der Waals surface area contributed by atoms with E-state index in [0.29, 0.717) is 11.8 Å². The molecule has 0 saturated heterocycles. The minimum atomic E-state index is 0.231. The molecule has 2 N–H and O–H groups in total.